The second-order valence-electron chi connectivity index (χ2n) is 4.33. The summed E-state index contributed by atoms with van der Waals surface area (Å²) < 4.78 is 25.9. The minimum atomic E-state index is -0.952. The van der Waals surface area contributed by atoms with Crippen LogP contribution in [0.2, 0.25) is 0 Å². The zero-order chi connectivity index (χ0) is 16.1. The van der Waals surface area contributed by atoms with Gasteiger partial charge in [-0.15, -0.1) is 0 Å². The van der Waals surface area contributed by atoms with Gasteiger partial charge in [0.1, 0.15) is 5.82 Å². The monoisotopic (exact) mass is 307 g/mol. The second-order valence-corrected chi connectivity index (χ2v) is 4.33. The summed E-state index contributed by atoms with van der Waals surface area (Å²) in [6.07, 6.45) is 0. The van der Waals surface area contributed by atoms with Crippen molar-refractivity contribution in [2.75, 3.05) is 17.2 Å². The van der Waals surface area contributed by atoms with Gasteiger partial charge in [0, 0.05) is 17.4 Å². The largest absolute Gasteiger partial charge is 0.376 e. The van der Waals surface area contributed by atoms with Gasteiger partial charge in [0.05, 0.1) is 11.5 Å². The highest BCUT2D eigenvalue weighted by atomic mass is 19.1. The van der Waals surface area contributed by atoms with E-state index in [1.54, 1.807) is 0 Å². The minimum Gasteiger partial charge on any atom is -0.376 e. The summed E-state index contributed by atoms with van der Waals surface area (Å²) in [4.78, 5) is 21.4. The Bertz CT molecular complexity index is 705. The first-order valence-electron chi connectivity index (χ1n) is 6.19. The number of amides is 1. The molecule has 0 aliphatic rings. The maximum atomic E-state index is 13.2. The number of nitro benzene ring substituents is 1. The lowest BCUT2D eigenvalue weighted by Crippen LogP contribution is -2.21. The van der Waals surface area contributed by atoms with E-state index in [4.69, 9.17) is 0 Å². The number of nitrogens with one attached hydrogen (secondary N) is 2. The Kier molecular flexibility index (Phi) is 4.62. The van der Waals surface area contributed by atoms with Crippen molar-refractivity contribution >= 4 is 23.0 Å². The summed E-state index contributed by atoms with van der Waals surface area (Å²) in [6, 6.07) is 8.43. The van der Waals surface area contributed by atoms with Gasteiger partial charge in [-0.1, -0.05) is 0 Å². The number of anilines is 2. The molecule has 6 nitrogen and oxygen atoms in total. The average Bonchev–Trinajstić information content (AvgIpc) is 2.48. The Hall–Kier alpha value is -3.03. The van der Waals surface area contributed by atoms with Crippen LogP contribution in [0.15, 0.2) is 42.5 Å². The van der Waals surface area contributed by atoms with Crippen molar-refractivity contribution in [3.05, 3.63) is 64.2 Å². The van der Waals surface area contributed by atoms with Crippen molar-refractivity contribution in [2.45, 2.75) is 0 Å². The molecular formula is C14H11F2N3O3. The van der Waals surface area contributed by atoms with Crippen molar-refractivity contribution in [1.29, 1.82) is 0 Å². The molecule has 0 unspecified atom stereocenters. The van der Waals surface area contributed by atoms with E-state index in [9.17, 15) is 23.7 Å². The van der Waals surface area contributed by atoms with Crippen LogP contribution in [0, 0.1) is 21.7 Å². The van der Waals surface area contributed by atoms with Gasteiger partial charge in [-0.3, -0.25) is 14.9 Å². The van der Waals surface area contributed by atoms with Gasteiger partial charge in [-0.2, -0.15) is 4.39 Å². The summed E-state index contributed by atoms with van der Waals surface area (Å²) >= 11 is 0. The number of carbonyl (C=O) groups excluding carboxylic acids is 1. The molecule has 114 valence electrons. The summed E-state index contributed by atoms with van der Waals surface area (Å²) in [5, 5.41) is 15.8. The van der Waals surface area contributed by atoms with Gasteiger partial charge >= 0.3 is 5.69 Å². The van der Waals surface area contributed by atoms with E-state index < -0.39 is 28.2 Å². The molecule has 8 heteroatoms. The van der Waals surface area contributed by atoms with Crippen LogP contribution < -0.4 is 10.6 Å². The van der Waals surface area contributed by atoms with Crippen LogP contribution in [0.4, 0.5) is 25.8 Å². The SMILES string of the molecule is O=C(CNc1ccc(F)c([N+](=O)[O-])c1)Nc1ccc(F)cc1. The summed E-state index contributed by atoms with van der Waals surface area (Å²) in [5.41, 5.74) is -0.0235. The van der Waals surface area contributed by atoms with E-state index in [2.05, 4.69) is 10.6 Å². The van der Waals surface area contributed by atoms with Crippen molar-refractivity contribution in [2.24, 2.45) is 0 Å². The topological polar surface area (TPSA) is 84.3 Å². The molecule has 0 aromatic heterocycles. The normalized spacial score (nSPS) is 10.1. The van der Waals surface area contributed by atoms with Crippen molar-refractivity contribution in [3.8, 4) is 0 Å². The first-order valence-corrected chi connectivity index (χ1v) is 6.19. The first kappa shape index (κ1) is 15.4. The van der Waals surface area contributed by atoms with E-state index in [-0.39, 0.29) is 12.2 Å². The molecule has 0 radical (unpaired) electrons. The van der Waals surface area contributed by atoms with Gasteiger partial charge in [0.15, 0.2) is 0 Å². The van der Waals surface area contributed by atoms with Crippen LogP contribution in [0.3, 0.4) is 0 Å². The molecule has 0 heterocycles. The molecule has 0 saturated heterocycles. The molecule has 22 heavy (non-hydrogen) atoms. The van der Waals surface area contributed by atoms with Crippen LogP contribution in [0.25, 0.3) is 0 Å². The predicted molar refractivity (Wildman–Crippen MR) is 76.6 cm³/mol. The third-order valence-corrected chi connectivity index (χ3v) is 2.72. The van der Waals surface area contributed by atoms with Crippen molar-refractivity contribution in [3.63, 3.8) is 0 Å². The molecule has 2 N–H and O–H groups in total. The van der Waals surface area contributed by atoms with E-state index in [1.165, 1.54) is 30.3 Å². The molecular weight excluding hydrogens is 296 g/mol. The minimum absolute atomic E-state index is 0.180. The Morgan fingerprint density at radius 1 is 1.09 bits per heavy atom. The predicted octanol–water partition coefficient (Wildman–Crippen LogP) is 2.92. The first-order chi connectivity index (χ1) is 10.5. The zero-order valence-electron chi connectivity index (χ0n) is 11.2. The Balaban J connectivity index is 1.95. The van der Waals surface area contributed by atoms with Crippen molar-refractivity contribution in [1.82, 2.24) is 0 Å². The lowest BCUT2D eigenvalue weighted by Gasteiger charge is -2.08. The van der Waals surface area contributed by atoms with Crippen LogP contribution >= 0.6 is 0 Å². The standard InChI is InChI=1S/C14H11F2N3O3/c15-9-1-3-10(4-2-9)18-14(20)8-17-11-5-6-12(16)13(7-11)19(21)22/h1-7,17H,8H2,(H,18,20). The highest BCUT2D eigenvalue weighted by molar-refractivity contribution is 5.93. The number of rotatable bonds is 5. The summed E-state index contributed by atoms with van der Waals surface area (Å²) in [6.45, 7) is -0.180. The van der Waals surface area contributed by atoms with Gasteiger partial charge in [-0.25, -0.2) is 4.39 Å². The van der Waals surface area contributed by atoms with E-state index in [1.807, 2.05) is 0 Å². The molecule has 2 aromatic carbocycles. The maximum absolute atomic E-state index is 13.2. The number of benzene rings is 2. The molecule has 0 atom stereocenters. The molecule has 0 fully saturated rings. The maximum Gasteiger partial charge on any atom is 0.306 e. The second kappa shape index (κ2) is 6.61. The molecule has 0 aliphatic carbocycles. The highest BCUT2D eigenvalue weighted by Crippen LogP contribution is 2.21. The number of halogens is 2. The Morgan fingerprint density at radius 2 is 1.73 bits per heavy atom. The smallest absolute Gasteiger partial charge is 0.306 e. The highest BCUT2D eigenvalue weighted by Gasteiger charge is 2.14. The third kappa shape index (κ3) is 3.98. The van der Waals surface area contributed by atoms with Crippen LogP contribution in [0.5, 0.6) is 0 Å². The number of nitro groups is 1. The molecule has 0 aliphatic heterocycles. The number of nitrogens with zero attached hydrogens (tertiary/aromatic N) is 1. The van der Waals surface area contributed by atoms with Gasteiger partial charge < -0.3 is 10.6 Å². The van der Waals surface area contributed by atoms with Gasteiger partial charge in [0.2, 0.25) is 11.7 Å². The Labute approximate surface area is 123 Å². The Morgan fingerprint density at radius 3 is 2.36 bits per heavy atom. The summed E-state index contributed by atoms with van der Waals surface area (Å²) in [5.74, 6) is -1.81. The van der Waals surface area contributed by atoms with E-state index in [0.717, 1.165) is 12.1 Å². The fourth-order valence-corrected chi connectivity index (χ4v) is 1.68. The summed E-state index contributed by atoms with van der Waals surface area (Å²) in [7, 11) is 0. The molecule has 2 rings (SSSR count). The fraction of sp³-hybridized carbons (Fsp3) is 0.0714. The number of hydrogen-bond acceptors (Lipinski definition) is 4. The number of hydrogen-bond donors (Lipinski definition) is 2. The fourth-order valence-electron chi connectivity index (χ4n) is 1.68. The van der Waals surface area contributed by atoms with Crippen LogP contribution in [-0.4, -0.2) is 17.4 Å². The molecule has 0 spiro atoms. The molecule has 0 bridgehead atoms. The van der Waals surface area contributed by atoms with E-state index >= 15 is 0 Å². The molecule has 1 amide bonds. The molecule has 2 aromatic rings. The molecule has 0 saturated carbocycles. The number of carbonyl (C=O) groups is 1. The van der Waals surface area contributed by atoms with Crippen LogP contribution in [-0.2, 0) is 4.79 Å². The van der Waals surface area contributed by atoms with Gasteiger partial charge in [-0.05, 0) is 36.4 Å². The van der Waals surface area contributed by atoms with Gasteiger partial charge in [0.25, 0.3) is 0 Å². The quantitative estimate of drug-likeness (QED) is 0.657. The third-order valence-electron chi connectivity index (χ3n) is 2.72. The van der Waals surface area contributed by atoms with Crippen molar-refractivity contribution < 1.29 is 18.5 Å². The van der Waals surface area contributed by atoms with Crippen LogP contribution in [0.1, 0.15) is 0 Å². The average molecular weight is 307 g/mol. The zero-order valence-corrected chi connectivity index (χ0v) is 11.2. The van der Waals surface area contributed by atoms with E-state index in [0.29, 0.717) is 5.69 Å². The lowest BCUT2D eigenvalue weighted by molar-refractivity contribution is -0.387. The lowest BCUT2D eigenvalue weighted by atomic mass is 10.2.